The third-order valence-electron chi connectivity index (χ3n) is 4.70. The monoisotopic (exact) mass is 429 g/mol. The van der Waals surface area contributed by atoms with Gasteiger partial charge in [0.25, 0.3) is 5.91 Å². The summed E-state index contributed by atoms with van der Waals surface area (Å²) in [4.78, 5) is 46.5. The summed E-state index contributed by atoms with van der Waals surface area (Å²) in [7, 11) is 0. The summed E-state index contributed by atoms with van der Waals surface area (Å²) in [6, 6.07) is 6.87. The van der Waals surface area contributed by atoms with Crippen LogP contribution in [-0.2, 0) is 4.74 Å². The summed E-state index contributed by atoms with van der Waals surface area (Å²) in [5.74, 6) is -0.489. The molecule has 3 rings (SSSR count). The Bertz CT molecular complexity index is 959. The molecule has 2 aromatic rings. The Morgan fingerprint density at radius 2 is 1.84 bits per heavy atom. The number of piperazine rings is 1. The minimum absolute atomic E-state index is 0.107. The molecule has 164 valence electrons. The van der Waals surface area contributed by atoms with Crippen molar-refractivity contribution in [2.24, 2.45) is 0 Å². The number of nitro groups is 1. The van der Waals surface area contributed by atoms with Crippen LogP contribution < -0.4 is 15.8 Å². The maximum Gasteiger partial charge on any atom is 0.409 e. The molecule has 1 aromatic carbocycles. The Morgan fingerprint density at radius 3 is 2.45 bits per heavy atom. The van der Waals surface area contributed by atoms with Gasteiger partial charge in [-0.15, -0.1) is 0 Å². The summed E-state index contributed by atoms with van der Waals surface area (Å²) in [6.07, 6.45) is 0.765. The van der Waals surface area contributed by atoms with Crippen molar-refractivity contribution in [1.82, 2.24) is 20.3 Å². The third-order valence-corrected chi connectivity index (χ3v) is 4.70. The number of carbonyl (C=O) groups is 2. The second-order valence-corrected chi connectivity index (χ2v) is 6.77. The number of aryl methyl sites for hydroxylation is 1. The van der Waals surface area contributed by atoms with Crippen molar-refractivity contribution in [3.63, 3.8) is 0 Å². The number of hydrogen-bond acceptors (Lipinski definition) is 9. The van der Waals surface area contributed by atoms with E-state index in [0.29, 0.717) is 31.7 Å². The average Bonchev–Trinajstić information content (AvgIpc) is 2.77. The van der Waals surface area contributed by atoms with Gasteiger partial charge >= 0.3 is 11.8 Å². The number of benzene rings is 1. The third kappa shape index (κ3) is 5.15. The van der Waals surface area contributed by atoms with Gasteiger partial charge < -0.3 is 14.5 Å². The molecule has 2 N–H and O–H groups in total. The summed E-state index contributed by atoms with van der Waals surface area (Å²) in [6.45, 7) is 5.26. The van der Waals surface area contributed by atoms with Gasteiger partial charge in [0, 0.05) is 31.7 Å². The number of nitrogens with zero attached hydrogens (tertiary/aromatic N) is 5. The largest absolute Gasteiger partial charge is 0.450 e. The maximum absolute atomic E-state index is 12.3. The Hall–Kier alpha value is -3.96. The molecule has 0 bridgehead atoms. The topological polar surface area (TPSA) is 143 Å². The predicted molar refractivity (Wildman–Crippen MR) is 112 cm³/mol. The van der Waals surface area contributed by atoms with Crippen molar-refractivity contribution in [3.05, 3.63) is 51.8 Å². The molecule has 0 unspecified atom stereocenters. The Balaban J connectivity index is 1.72. The number of rotatable bonds is 6. The molecule has 1 aromatic heterocycles. The fourth-order valence-corrected chi connectivity index (χ4v) is 3.07. The van der Waals surface area contributed by atoms with Crippen molar-refractivity contribution < 1.29 is 19.2 Å². The number of carbonyl (C=O) groups excluding carboxylic acids is 2. The second kappa shape index (κ2) is 9.69. The number of amides is 2. The first-order valence-electron chi connectivity index (χ1n) is 9.69. The predicted octanol–water partition coefficient (Wildman–Crippen LogP) is 1.73. The first-order chi connectivity index (χ1) is 14.9. The van der Waals surface area contributed by atoms with Crippen LogP contribution in [0.2, 0.25) is 0 Å². The van der Waals surface area contributed by atoms with Crippen LogP contribution in [0, 0.1) is 17.0 Å². The molecular formula is C19H23N7O5. The van der Waals surface area contributed by atoms with E-state index in [1.807, 2.05) is 6.92 Å². The van der Waals surface area contributed by atoms with Crippen molar-refractivity contribution in [2.45, 2.75) is 13.8 Å². The molecular weight excluding hydrogens is 406 g/mol. The first kappa shape index (κ1) is 21.7. The molecule has 12 nitrogen and oxygen atoms in total. The summed E-state index contributed by atoms with van der Waals surface area (Å²) in [5.41, 5.74) is 5.98. The van der Waals surface area contributed by atoms with Gasteiger partial charge in [-0.05, 0) is 26.0 Å². The van der Waals surface area contributed by atoms with Gasteiger partial charge in [-0.25, -0.2) is 14.8 Å². The molecule has 1 aliphatic heterocycles. The minimum atomic E-state index is -0.604. The zero-order valence-electron chi connectivity index (χ0n) is 17.2. The Kier molecular flexibility index (Phi) is 6.80. The van der Waals surface area contributed by atoms with E-state index < -0.39 is 16.9 Å². The maximum atomic E-state index is 12.3. The van der Waals surface area contributed by atoms with Gasteiger partial charge in [-0.3, -0.25) is 25.8 Å². The SMILES string of the molecule is CCOC(=O)N1CCN(c2ncnc(NNC(=O)c3ccc(C)cc3)c2[N+](=O)[O-])CC1. The van der Waals surface area contributed by atoms with E-state index in [2.05, 4.69) is 20.8 Å². The van der Waals surface area contributed by atoms with E-state index in [0.717, 1.165) is 5.56 Å². The van der Waals surface area contributed by atoms with Crippen molar-refractivity contribution >= 4 is 29.3 Å². The quantitative estimate of drug-likeness (QED) is 0.518. The van der Waals surface area contributed by atoms with Crippen LogP contribution in [0.4, 0.5) is 22.1 Å². The highest BCUT2D eigenvalue weighted by atomic mass is 16.6. The lowest BCUT2D eigenvalue weighted by molar-refractivity contribution is -0.383. The van der Waals surface area contributed by atoms with Gasteiger partial charge in [0.1, 0.15) is 6.33 Å². The smallest absolute Gasteiger partial charge is 0.409 e. The number of nitrogens with one attached hydrogen (secondary N) is 2. The normalized spacial score (nSPS) is 13.5. The summed E-state index contributed by atoms with van der Waals surface area (Å²) < 4.78 is 4.99. The van der Waals surface area contributed by atoms with Crippen LogP contribution in [0.25, 0.3) is 0 Å². The van der Waals surface area contributed by atoms with Gasteiger partial charge in [-0.1, -0.05) is 17.7 Å². The summed E-state index contributed by atoms with van der Waals surface area (Å²) in [5, 5.41) is 11.8. The van der Waals surface area contributed by atoms with Crippen LogP contribution in [0.5, 0.6) is 0 Å². The lowest BCUT2D eigenvalue weighted by Crippen LogP contribution is -2.49. The molecule has 0 atom stereocenters. The molecule has 0 aliphatic carbocycles. The Morgan fingerprint density at radius 1 is 1.16 bits per heavy atom. The van der Waals surface area contributed by atoms with Crippen LogP contribution in [0.15, 0.2) is 30.6 Å². The summed E-state index contributed by atoms with van der Waals surface area (Å²) >= 11 is 0. The number of hydrogen-bond donors (Lipinski definition) is 2. The van der Waals surface area contributed by atoms with Crippen LogP contribution >= 0.6 is 0 Å². The molecule has 0 saturated carbocycles. The molecule has 31 heavy (non-hydrogen) atoms. The van der Waals surface area contributed by atoms with E-state index >= 15 is 0 Å². The highest BCUT2D eigenvalue weighted by Gasteiger charge is 2.30. The number of ether oxygens (including phenoxy) is 1. The highest BCUT2D eigenvalue weighted by Crippen LogP contribution is 2.32. The van der Waals surface area contributed by atoms with Crippen molar-refractivity contribution in [3.8, 4) is 0 Å². The number of hydrazine groups is 1. The zero-order valence-corrected chi connectivity index (χ0v) is 17.2. The van der Waals surface area contributed by atoms with Gasteiger partial charge in [0.15, 0.2) is 0 Å². The van der Waals surface area contributed by atoms with Crippen LogP contribution in [-0.4, -0.2) is 64.6 Å². The van der Waals surface area contributed by atoms with Gasteiger partial charge in [0.2, 0.25) is 11.6 Å². The second-order valence-electron chi connectivity index (χ2n) is 6.77. The lowest BCUT2D eigenvalue weighted by Gasteiger charge is -2.34. The molecule has 1 aliphatic rings. The lowest BCUT2D eigenvalue weighted by atomic mass is 10.1. The van der Waals surface area contributed by atoms with Gasteiger partial charge in [0.05, 0.1) is 11.5 Å². The Labute approximate surface area is 178 Å². The number of anilines is 2. The molecule has 12 heteroatoms. The first-order valence-corrected chi connectivity index (χ1v) is 9.69. The highest BCUT2D eigenvalue weighted by molar-refractivity contribution is 5.95. The molecule has 2 heterocycles. The fraction of sp³-hybridized carbons (Fsp3) is 0.368. The molecule has 1 fully saturated rings. The van der Waals surface area contributed by atoms with Crippen molar-refractivity contribution in [1.29, 1.82) is 0 Å². The van der Waals surface area contributed by atoms with E-state index in [4.69, 9.17) is 4.74 Å². The minimum Gasteiger partial charge on any atom is -0.450 e. The standard InChI is InChI=1S/C19H23N7O5/c1-3-31-19(28)25-10-8-24(9-11-25)17-15(26(29)30)16(20-12-21-17)22-23-18(27)14-6-4-13(2)5-7-14/h4-7,12H,3,8-11H2,1-2H3,(H,23,27)(H,20,21,22). The molecule has 1 saturated heterocycles. The average molecular weight is 429 g/mol. The zero-order chi connectivity index (χ0) is 22.4. The molecule has 0 spiro atoms. The van der Waals surface area contributed by atoms with Crippen LogP contribution in [0.1, 0.15) is 22.8 Å². The van der Waals surface area contributed by atoms with Crippen LogP contribution in [0.3, 0.4) is 0 Å². The molecule has 0 radical (unpaired) electrons. The van der Waals surface area contributed by atoms with E-state index in [1.54, 1.807) is 36.1 Å². The van der Waals surface area contributed by atoms with E-state index in [-0.39, 0.29) is 23.9 Å². The fourth-order valence-electron chi connectivity index (χ4n) is 3.07. The van der Waals surface area contributed by atoms with Gasteiger partial charge in [-0.2, -0.15) is 0 Å². The van der Waals surface area contributed by atoms with E-state index in [9.17, 15) is 19.7 Å². The van der Waals surface area contributed by atoms with Crippen molar-refractivity contribution in [2.75, 3.05) is 43.1 Å². The number of aromatic nitrogens is 2. The molecule has 2 amide bonds. The van der Waals surface area contributed by atoms with E-state index in [1.165, 1.54) is 11.2 Å².